The van der Waals surface area contributed by atoms with E-state index in [2.05, 4.69) is 20.5 Å². The van der Waals surface area contributed by atoms with Gasteiger partial charge in [0.2, 0.25) is 0 Å². The lowest BCUT2D eigenvalue weighted by Gasteiger charge is -2.04. The number of nitrogens with zero attached hydrogens (tertiary/aromatic N) is 2. The summed E-state index contributed by atoms with van der Waals surface area (Å²) >= 11 is 0. The molecule has 1 rings (SSSR count). The molecule has 6 nitrogen and oxygen atoms in total. The van der Waals surface area contributed by atoms with Crippen LogP contribution in [0.5, 0.6) is 0 Å². The van der Waals surface area contributed by atoms with E-state index in [4.69, 9.17) is 0 Å². The van der Waals surface area contributed by atoms with E-state index >= 15 is 0 Å². The second kappa shape index (κ2) is 9.72. The summed E-state index contributed by atoms with van der Waals surface area (Å²) in [5, 5.41) is 5.08. The quantitative estimate of drug-likeness (QED) is 0.323. The second-order valence-corrected chi connectivity index (χ2v) is 5.75. The average molecular weight is 287 g/mol. The average Bonchev–Trinajstić information content (AvgIpc) is 2.42. The van der Waals surface area contributed by atoms with Crippen LogP contribution in [0, 0.1) is 4.91 Å². The molecule has 8 heteroatoms. The molecule has 0 radical (unpaired) electrons. The molecule has 0 bridgehead atoms. The molecule has 1 aromatic heterocycles. The zero-order valence-corrected chi connectivity index (χ0v) is 11.2. The minimum atomic E-state index is -0.123. The van der Waals surface area contributed by atoms with Crippen molar-refractivity contribution in [3.63, 3.8) is 0 Å². The summed E-state index contributed by atoms with van der Waals surface area (Å²) in [6.45, 7) is 0.890. The van der Waals surface area contributed by atoms with Crippen molar-refractivity contribution >= 4 is 27.5 Å². The van der Waals surface area contributed by atoms with Gasteiger partial charge < -0.3 is 10.2 Å². The smallest absolute Gasteiger partial charge is 0.252 e. The standard InChI is InChI=1S/C10H13N3O3S2/c14-10(9-2-1-3-11-8-9)12-4-6-17-18-7-5-16-13-15/h1-3,8H,4-7H2,(H,12,14). The predicted octanol–water partition coefficient (Wildman–Crippen LogP) is 1.89. The highest BCUT2D eigenvalue weighted by atomic mass is 33.1. The number of amides is 1. The van der Waals surface area contributed by atoms with Gasteiger partial charge in [0.1, 0.15) is 6.61 Å². The number of nitrogens with one attached hydrogen (secondary N) is 1. The molecule has 0 aromatic carbocycles. The van der Waals surface area contributed by atoms with Crippen LogP contribution in [0.3, 0.4) is 0 Å². The lowest BCUT2D eigenvalue weighted by molar-refractivity contribution is 0.0956. The Morgan fingerprint density at radius 1 is 1.44 bits per heavy atom. The van der Waals surface area contributed by atoms with Crippen molar-refractivity contribution < 1.29 is 9.63 Å². The van der Waals surface area contributed by atoms with E-state index in [1.807, 2.05) is 0 Å². The van der Waals surface area contributed by atoms with Crippen molar-refractivity contribution in [2.45, 2.75) is 0 Å². The molecule has 0 aliphatic heterocycles. The topological polar surface area (TPSA) is 80.6 Å². The molecule has 0 saturated heterocycles. The van der Waals surface area contributed by atoms with Crippen LogP contribution in [-0.2, 0) is 4.84 Å². The Balaban J connectivity index is 2.01. The van der Waals surface area contributed by atoms with Crippen molar-refractivity contribution in [2.24, 2.45) is 5.34 Å². The van der Waals surface area contributed by atoms with Gasteiger partial charge in [-0.05, 0) is 12.1 Å². The Morgan fingerprint density at radius 3 is 3.00 bits per heavy atom. The van der Waals surface area contributed by atoms with Gasteiger partial charge in [0.25, 0.3) is 5.91 Å². The number of rotatable bonds is 9. The van der Waals surface area contributed by atoms with E-state index in [-0.39, 0.29) is 5.91 Å². The van der Waals surface area contributed by atoms with Crippen LogP contribution in [0.2, 0.25) is 0 Å². The van der Waals surface area contributed by atoms with Gasteiger partial charge in [0.15, 0.2) is 5.34 Å². The summed E-state index contributed by atoms with van der Waals surface area (Å²) in [6, 6.07) is 3.44. The molecule has 98 valence electrons. The third-order valence-corrected chi connectivity index (χ3v) is 4.16. The molecule has 0 unspecified atom stereocenters. The van der Waals surface area contributed by atoms with Crippen LogP contribution in [0.25, 0.3) is 0 Å². The van der Waals surface area contributed by atoms with Crippen LogP contribution in [0.1, 0.15) is 10.4 Å². The Bertz CT molecular complexity index is 365. The normalized spacial score (nSPS) is 9.78. The summed E-state index contributed by atoms with van der Waals surface area (Å²) in [5.41, 5.74) is 0.556. The number of carbonyl (C=O) groups excluding carboxylic acids is 1. The first-order valence-electron chi connectivity index (χ1n) is 5.22. The molecule has 1 N–H and O–H groups in total. The fourth-order valence-electron chi connectivity index (χ4n) is 1.03. The van der Waals surface area contributed by atoms with Crippen molar-refractivity contribution in [1.82, 2.24) is 10.3 Å². The summed E-state index contributed by atoms with van der Waals surface area (Å²) < 4.78 is 0. The van der Waals surface area contributed by atoms with E-state index in [9.17, 15) is 9.70 Å². The zero-order valence-electron chi connectivity index (χ0n) is 9.57. The predicted molar refractivity (Wildman–Crippen MR) is 73.2 cm³/mol. The van der Waals surface area contributed by atoms with Crippen LogP contribution in [0.15, 0.2) is 29.9 Å². The summed E-state index contributed by atoms with van der Waals surface area (Å²) in [7, 11) is 3.17. The minimum Gasteiger partial charge on any atom is -0.363 e. The lowest BCUT2D eigenvalue weighted by Crippen LogP contribution is -2.25. The highest BCUT2D eigenvalue weighted by molar-refractivity contribution is 8.76. The summed E-state index contributed by atoms with van der Waals surface area (Å²) in [4.78, 5) is 29.4. The molecule has 0 aliphatic carbocycles. The Hall–Kier alpha value is -1.28. The largest absolute Gasteiger partial charge is 0.363 e. The lowest BCUT2D eigenvalue weighted by atomic mass is 10.3. The molecule has 0 atom stereocenters. The number of pyridine rings is 1. The van der Waals surface area contributed by atoms with Crippen molar-refractivity contribution in [3.05, 3.63) is 35.0 Å². The van der Waals surface area contributed by atoms with E-state index < -0.39 is 0 Å². The third-order valence-electron chi connectivity index (χ3n) is 1.79. The fraction of sp³-hybridized carbons (Fsp3) is 0.400. The van der Waals surface area contributed by atoms with Gasteiger partial charge in [-0.2, -0.15) is 0 Å². The maximum Gasteiger partial charge on any atom is 0.252 e. The molecular formula is C10H13N3O3S2. The van der Waals surface area contributed by atoms with E-state index in [0.29, 0.717) is 24.5 Å². The van der Waals surface area contributed by atoms with Gasteiger partial charge in [-0.15, -0.1) is 4.91 Å². The van der Waals surface area contributed by atoms with Gasteiger partial charge in [0.05, 0.1) is 5.56 Å². The second-order valence-electron chi connectivity index (χ2n) is 3.05. The van der Waals surface area contributed by atoms with E-state index in [0.717, 1.165) is 5.75 Å². The Morgan fingerprint density at radius 2 is 2.28 bits per heavy atom. The summed E-state index contributed by atoms with van der Waals surface area (Å²) in [6.07, 6.45) is 3.15. The number of hydrogen-bond donors (Lipinski definition) is 1. The monoisotopic (exact) mass is 287 g/mol. The Kier molecular flexibility index (Phi) is 7.98. The van der Waals surface area contributed by atoms with Gasteiger partial charge in [-0.3, -0.25) is 9.78 Å². The van der Waals surface area contributed by atoms with Gasteiger partial charge >= 0.3 is 0 Å². The molecule has 1 aromatic rings. The third kappa shape index (κ3) is 6.45. The fourth-order valence-corrected chi connectivity index (χ4v) is 2.76. The van der Waals surface area contributed by atoms with Crippen LogP contribution < -0.4 is 5.32 Å². The molecule has 0 fully saturated rings. The Labute approximate surface area is 113 Å². The molecular weight excluding hydrogens is 274 g/mol. The molecule has 0 aliphatic rings. The van der Waals surface area contributed by atoms with Crippen LogP contribution >= 0.6 is 21.6 Å². The first-order chi connectivity index (χ1) is 8.84. The molecule has 1 heterocycles. The van der Waals surface area contributed by atoms with E-state index in [1.54, 1.807) is 39.9 Å². The minimum absolute atomic E-state index is 0.123. The highest BCUT2D eigenvalue weighted by Crippen LogP contribution is 2.19. The highest BCUT2D eigenvalue weighted by Gasteiger charge is 2.03. The van der Waals surface area contributed by atoms with Gasteiger partial charge in [0, 0.05) is 30.4 Å². The first kappa shape index (κ1) is 14.8. The molecule has 0 spiro atoms. The number of hydrogen-bond acceptors (Lipinski definition) is 7. The SMILES string of the molecule is O=NOCCSSCCNC(=O)c1cccnc1. The maximum absolute atomic E-state index is 11.6. The van der Waals surface area contributed by atoms with Crippen molar-refractivity contribution in [3.8, 4) is 0 Å². The maximum atomic E-state index is 11.6. The van der Waals surface area contributed by atoms with Crippen LogP contribution in [0.4, 0.5) is 0 Å². The molecule has 0 saturated carbocycles. The van der Waals surface area contributed by atoms with Gasteiger partial charge in [-0.25, -0.2) is 0 Å². The van der Waals surface area contributed by atoms with E-state index in [1.165, 1.54) is 6.20 Å². The molecule has 18 heavy (non-hydrogen) atoms. The summed E-state index contributed by atoms with van der Waals surface area (Å²) in [5.74, 6) is 1.35. The number of carbonyl (C=O) groups is 1. The van der Waals surface area contributed by atoms with Crippen molar-refractivity contribution in [1.29, 1.82) is 0 Å². The molecule has 1 amide bonds. The van der Waals surface area contributed by atoms with Crippen LogP contribution in [-0.4, -0.2) is 35.5 Å². The first-order valence-corrected chi connectivity index (χ1v) is 7.70. The van der Waals surface area contributed by atoms with Gasteiger partial charge in [-0.1, -0.05) is 21.6 Å². The van der Waals surface area contributed by atoms with Crippen molar-refractivity contribution in [2.75, 3.05) is 24.7 Å². The number of aromatic nitrogens is 1. The zero-order chi connectivity index (χ0) is 13.1.